The quantitative estimate of drug-likeness (QED) is 0.814. The molecule has 1 aromatic heterocycles. The van der Waals surface area contributed by atoms with Crippen molar-refractivity contribution in [3.63, 3.8) is 0 Å². The Morgan fingerprint density at radius 2 is 1.54 bits per heavy atom. The van der Waals surface area contributed by atoms with Crippen LogP contribution in [0.15, 0.2) is 24.3 Å². The molecule has 5 nitrogen and oxygen atoms in total. The molecule has 1 atom stereocenters. The van der Waals surface area contributed by atoms with Crippen LogP contribution in [-0.2, 0) is 0 Å². The Kier molecular flexibility index (Phi) is 5.63. The largest absolute Gasteiger partial charge is 0.290 e. The van der Waals surface area contributed by atoms with E-state index >= 15 is 0 Å². The van der Waals surface area contributed by atoms with Gasteiger partial charge in [-0.3, -0.25) is 4.90 Å². The molecule has 1 aliphatic carbocycles. The summed E-state index contributed by atoms with van der Waals surface area (Å²) in [7, 11) is 0. The Morgan fingerprint density at radius 3 is 2.23 bits per heavy atom. The fourth-order valence-electron chi connectivity index (χ4n) is 4.59. The number of tetrazole rings is 1. The predicted molar refractivity (Wildman–Crippen MR) is 103 cm³/mol. The van der Waals surface area contributed by atoms with Crippen LogP contribution >= 0.6 is 0 Å². The molecule has 0 bridgehead atoms. The molecule has 2 aromatic rings. The lowest BCUT2D eigenvalue weighted by molar-refractivity contribution is 0.211. The summed E-state index contributed by atoms with van der Waals surface area (Å²) < 4.78 is 2.16. The maximum absolute atomic E-state index is 4.56. The molecule has 26 heavy (non-hydrogen) atoms. The van der Waals surface area contributed by atoms with Gasteiger partial charge in [0.15, 0.2) is 5.82 Å². The van der Waals surface area contributed by atoms with Crippen LogP contribution in [0.3, 0.4) is 0 Å². The van der Waals surface area contributed by atoms with Crippen LogP contribution in [0, 0.1) is 6.92 Å². The van der Waals surface area contributed by atoms with Crippen molar-refractivity contribution in [2.45, 2.75) is 76.8 Å². The molecule has 1 aromatic carbocycles. The Labute approximate surface area is 156 Å². The third-order valence-corrected chi connectivity index (χ3v) is 6.08. The van der Waals surface area contributed by atoms with Gasteiger partial charge in [-0.05, 0) is 61.7 Å². The number of likely N-dealkylation sites (tertiary alicyclic amines) is 1. The van der Waals surface area contributed by atoms with Gasteiger partial charge in [0.25, 0.3) is 0 Å². The van der Waals surface area contributed by atoms with Crippen LogP contribution in [-0.4, -0.2) is 38.2 Å². The van der Waals surface area contributed by atoms with Gasteiger partial charge in [0.2, 0.25) is 0 Å². The minimum Gasteiger partial charge on any atom is -0.290 e. The van der Waals surface area contributed by atoms with Gasteiger partial charge in [0.05, 0.1) is 12.1 Å². The summed E-state index contributed by atoms with van der Waals surface area (Å²) >= 11 is 0. The van der Waals surface area contributed by atoms with Crippen LogP contribution in [0.2, 0.25) is 0 Å². The number of aryl methyl sites for hydroxylation is 1. The summed E-state index contributed by atoms with van der Waals surface area (Å²) in [5.74, 6) is 1.04. The first-order chi connectivity index (χ1) is 12.8. The van der Waals surface area contributed by atoms with Crippen molar-refractivity contribution in [2.24, 2.45) is 0 Å². The maximum atomic E-state index is 4.56. The second-order valence-corrected chi connectivity index (χ2v) is 8.04. The standard InChI is InChI=1S/C21H31N5/c1-17-11-13-18(14-12-17)20(25-15-7-2-3-8-16-25)21-22-23-24-26(21)19-9-5-4-6-10-19/h11-14,19-20H,2-10,15-16H2,1H3/t20-/m0/s1. The number of aromatic nitrogens is 4. The van der Waals surface area contributed by atoms with Gasteiger partial charge in [-0.1, -0.05) is 61.9 Å². The minimum absolute atomic E-state index is 0.172. The van der Waals surface area contributed by atoms with E-state index in [-0.39, 0.29) is 6.04 Å². The summed E-state index contributed by atoms with van der Waals surface area (Å²) in [6, 6.07) is 9.61. The molecule has 5 heteroatoms. The predicted octanol–water partition coefficient (Wildman–Crippen LogP) is 4.45. The average Bonchev–Trinajstić information content (AvgIpc) is 3.00. The molecule has 2 aliphatic rings. The fourth-order valence-corrected chi connectivity index (χ4v) is 4.59. The van der Waals surface area contributed by atoms with Crippen LogP contribution in [0.5, 0.6) is 0 Å². The van der Waals surface area contributed by atoms with E-state index in [4.69, 9.17) is 0 Å². The van der Waals surface area contributed by atoms with Crippen molar-refractivity contribution in [3.8, 4) is 0 Å². The zero-order chi connectivity index (χ0) is 17.8. The van der Waals surface area contributed by atoms with Gasteiger partial charge in [-0.2, -0.15) is 0 Å². The third-order valence-electron chi connectivity index (χ3n) is 6.08. The Balaban J connectivity index is 1.70. The molecular weight excluding hydrogens is 322 g/mol. The van der Waals surface area contributed by atoms with Gasteiger partial charge in [0.1, 0.15) is 0 Å². The molecule has 1 saturated heterocycles. The highest BCUT2D eigenvalue weighted by Gasteiger charge is 2.30. The van der Waals surface area contributed by atoms with E-state index < -0.39 is 0 Å². The zero-order valence-corrected chi connectivity index (χ0v) is 16.0. The number of benzene rings is 1. The summed E-state index contributed by atoms with van der Waals surface area (Å²) in [6.45, 7) is 4.42. The highest BCUT2D eigenvalue weighted by atomic mass is 15.6. The second kappa shape index (κ2) is 8.30. The van der Waals surface area contributed by atoms with Crippen molar-refractivity contribution >= 4 is 0 Å². The normalized spacial score (nSPS) is 21.4. The molecule has 2 fully saturated rings. The molecule has 0 N–H and O–H groups in total. The molecule has 140 valence electrons. The minimum atomic E-state index is 0.172. The van der Waals surface area contributed by atoms with Crippen LogP contribution in [0.4, 0.5) is 0 Å². The molecule has 2 heterocycles. The third kappa shape index (κ3) is 3.83. The Hall–Kier alpha value is -1.75. The highest BCUT2D eigenvalue weighted by molar-refractivity contribution is 5.28. The van der Waals surface area contributed by atoms with Crippen molar-refractivity contribution in [3.05, 3.63) is 41.2 Å². The van der Waals surface area contributed by atoms with Crippen LogP contribution in [0.25, 0.3) is 0 Å². The van der Waals surface area contributed by atoms with Crippen LogP contribution in [0.1, 0.15) is 86.8 Å². The van der Waals surface area contributed by atoms with Gasteiger partial charge in [0, 0.05) is 0 Å². The lowest BCUT2D eigenvalue weighted by Crippen LogP contribution is -2.33. The lowest BCUT2D eigenvalue weighted by atomic mass is 9.95. The molecule has 0 radical (unpaired) electrons. The van der Waals surface area contributed by atoms with E-state index in [0.29, 0.717) is 6.04 Å². The van der Waals surface area contributed by atoms with Gasteiger partial charge < -0.3 is 0 Å². The first kappa shape index (κ1) is 17.7. The molecular formula is C21H31N5. The van der Waals surface area contributed by atoms with E-state index in [1.54, 1.807) is 0 Å². The number of nitrogens with zero attached hydrogens (tertiary/aromatic N) is 5. The van der Waals surface area contributed by atoms with Crippen LogP contribution < -0.4 is 0 Å². The first-order valence-corrected chi connectivity index (χ1v) is 10.4. The van der Waals surface area contributed by atoms with Crippen molar-refractivity contribution in [1.82, 2.24) is 25.1 Å². The highest BCUT2D eigenvalue weighted by Crippen LogP contribution is 2.34. The summed E-state index contributed by atoms with van der Waals surface area (Å²) in [6.07, 6.45) is 11.6. The van der Waals surface area contributed by atoms with Crippen molar-refractivity contribution in [2.75, 3.05) is 13.1 Å². The number of rotatable bonds is 4. The van der Waals surface area contributed by atoms with E-state index in [1.807, 2.05) is 0 Å². The monoisotopic (exact) mass is 353 g/mol. The topological polar surface area (TPSA) is 46.8 Å². The fraction of sp³-hybridized carbons (Fsp3) is 0.667. The van der Waals surface area contributed by atoms with Gasteiger partial charge >= 0.3 is 0 Å². The molecule has 0 unspecified atom stereocenters. The second-order valence-electron chi connectivity index (χ2n) is 8.04. The summed E-state index contributed by atoms with van der Waals surface area (Å²) in [5.41, 5.74) is 2.62. The average molecular weight is 354 g/mol. The van der Waals surface area contributed by atoms with Crippen molar-refractivity contribution < 1.29 is 0 Å². The molecule has 0 amide bonds. The Morgan fingerprint density at radius 1 is 0.885 bits per heavy atom. The van der Waals surface area contributed by atoms with E-state index in [0.717, 1.165) is 18.9 Å². The first-order valence-electron chi connectivity index (χ1n) is 10.4. The maximum Gasteiger partial charge on any atom is 0.173 e. The van der Waals surface area contributed by atoms with E-state index in [2.05, 4.69) is 56.3 Å². The van der Waals surface area contributed by atoms with E-state index in [9.17, 15) is 0 Å². The molecule has 0 spiro atoms. The van der Waals surface area contributed by atoms with Crippen molar-refractivity contribution in [1.29, 1.82) is 0 Å². The molecule has 1 aliphatic heterocycles. The van der Waals surface area contributed by atoms with Gasteiger partial charge in [-0.25, -0.2) is 4.68 Å². The smallest absolute Gasteiger partial charge is 0.173 e. The lowest BCUT2D eigenvalue weighted by Gasteiger charge is -2.32. The Bertz CT molecular complexity index is 679. The summed E-state index contributed by atoms with van der Waals surface area (Å²) in [4.78, 5) is 2.61. The SMILES string of the molecule is Cc1ccc([C@@H](c2nnnn2C2CCCCC2)N2CCCCCC2)cc1. The molecule has 4 rings (SSSR count). The number of hydrogen-bond donors (Lipinski definition) is 0. The summed E-state index contributed by atoms with van der Waals surface area (Å²) in [5, 5.41) is 13.1. The number of hydrogen-bond acceptors (Lipinski definition) is 4. The zero-order valence-electron chi connectivity index (χ0n) is 16.0. The molecule has 1 saturated carbocycles. The van der Waals surface area contributed by atoms with E-state index in [1.165, 1.54) is 68.9 Å². The van der Waals surface area contributed by atoms with Gasteiger partial charge in [-0.15, -0.1) is 5.10 Å².